The van der Waals surface area contributed by atoms with Crippen molar-refractivity contribution in [3.05, 3.63) is 29.3 Å². The van der Waals surface area contributed by atoms with Crippen LogP contribution in [0.2, 0.25) is 0 Å². The number of aromatic hydroxyl groups is 1. The van der Waals surface area contributed by atoms with Crippen molar-refractivity contribution in [2.45, 2.75) is 91.8 Å². The first-order chi connectivity index (χ1) is 15.4. The minimum atomic E-state index is -1.03. The number of ether oxygens (including phenoxy) is 1. The van der Waals surface area contributed by atoms with Crippen molar-refractivity contribution in [3.63, 3.8) is 0 Å². The van der Waals surface area contributed by atoms with Gasteiger partial charge in [-0.25, -0.2) is 4.79 Å². The van der Waals surface area contributed by atoms with Crippen LogP contribution in [0.3, 0.4) is 0 Å². The summed E-state index contributed by atoms with van der Waals surface area (Å²) >= 11 is 0. The fourth-order valence-corrected chi connectivity index (χ4v) is 3.44. The predicted octanol–water partition coefficient (Wildman–Crippen LogP) is 4.20. The summed E-state index contributed by atoms with van der Waals surface area (Å²) in [6.07, 6.45) is 2.71. The third-order valence-corrected chi connectivity index (χ3v) is 5.05. The molecule has 0 saturated heterocycles. The Bertz CT molecular complexity index is 804. The van der Waals surface area contributed by atoms with Gasteiger partial charge in [0, 0.05) is 18.7 Å². The van der Waals surface area contributed by atoms with Crippen molar-refractivity contribution in [2.24, 2.45) is 0 Å². The molecule has 1 rings (SSSR count). The van der Waals surface area contributed by atoms with Crippen LogP contribution in [0.25, 0.3) is 0 Å². The molecular formula is C25H41N3O5. The number of aryl methyl sites for hydroxylation is 1. The Kier molecular flexibility index (Phi) is 11.2. The SMILES string of the molecule is CCCCCNC(=O)C(c1cccc(C)c1O)N(CCC)C(=O)C(C)NC(=O)OC(C)(C)C. The zero-order chi connectivity index (χ0) is 25.2. The monoisotopic (exact) mass is 463 g/mol. The first-order valence-corrected chi connectivity index (χ1v) is 11.8. The van der Waals surface area contributed by atoms with Crippen LogP contribution in [0.1, 0.15) is 84.4 Å². The standard InChI is InChI=1S/C25H41N3O5/c1-8-10-11-15-26-22(30)20(19-14-12-13-17(3)21(19)29)28(16-9-2)23(31)18(4)27-24(32)33-25(5,6)7/h12-14,18,20,29H,8-11,15-16H2,1-7H3,(H,26,30)(H,27,32). The summed E-state index contributed by atoms with van der Waals surface area (Å²) in [4.78, 5) is 40.3. The Morgan fingerprint density at radius 1 is 1.12 bits per heavy atom. The number of hydrogen-bond donors (Lipinski definition) is 3. The summed E-state index contributed by atoms with van der Waals surface area (Å²) in [6.45, 7) is 13.3. The Labute approximate surface area is 198 Å². The Morgan fingerprint density at radius 2 is 1.79 bits per heavy atom. The number of nitrogens with zero attached hydrogens (tertiary/aromatic N) is 1. The van der Waals surface area contributed by atoms with E-state index in [4.69, 9.17) is 4.74 Å². The summed E-state index contributed by atoms with van der Waals surface area (Å²) in [6, 6.07) is 3.20. The van der Waals surface area contributed by atoms with Gasteiger partial charge in [-0.3, -0.25) is 9.59 Å². The highest BCUT2D eigenvalue weighted by Crippen LogP contribution is 2.32. The second-order valence-electron chi connectivity index (χ2n) is 9.31. The zero-order valence-electron chi connectivity index (χ0n) is 21.2. The molecule has 3 N–H and O–H groups in total. The van der Waals surface area contributed by atoms with Gasteiger partial charge < -0.3 is 25.4 Å². The van der Waals surface area contributed by atoms with Crippen molar-refractivity contribution in [2.75, 3.05) is 13.1 Å². The maximum atomic E-state index is 13.4. The molecule has 0 spiro atoms. The lowest BCUT2D eigenvalue weighted by molar-refractivity contribution is -0.142. The van der Waals surface area contributed by atoms with Crippen molar-refractivity contribution in [1.82, 2.24) is 15.5 Å². The second kappa shape index (κ2) is 13.1. The zero-order valence-corrected chi connectivity index (χ0v) is 21.2. The number of nitrogens with one attached hydrogen (secondary N) is 2. The topological polar surface area (TPSA) is 108 Å². The summed E-state index contributed by atoms with van der Waals surface area (Å²) in [7, 11) is 0. The van der Waals surface area contributed by atoms with E-state index < -0.39 is 29.7 Å². The van der Waals surface area contributed by atoms with Gasteiger partial charge in [0.15, 0.2) is 0 Å². The molecule has 0 heterocycles. The number of carbonyl (C=O) groups excluding carboxylic acids is 3. The van der Waals surface area contributed by atoms with Gasteiger partial charge >= 0.3 is 6.09 Å². The van der Waals surface area contributed by atoms with Crippen LogP contribution < -0.4 is 10.6 Å². The van der Waals surface area contributed by atoms with Crippen LogP contribution in [0, 0.1) is 6.92 Å². The number of alkyl carbamates (subject to hydrolysis) is 1. The molecule has 8 heteroatoms. The summed E-state index contributed by atoms with van der Waals surface area (Å²) in [5.74, 6) is -0.816. The first kappa shape index (κ1) is 28.3. The van der Waals surface area contributed by atoms with Gasteiger partial charge in [0.1, 0.15) is 23.4 Å². The predicted molar refractivity (Wildman–Crippen MR) is 129 cm³/mol. The van der Waals surface area contributed by atoms with Crippen molar-refractivity contribution < 1.29 is 24.2 Å². The van der Waals surface area contributed by atoms with Crippen LogP contribution in [0.5, 0.6) is 5.75 Å². The van der Waals surface area contributed by atoms with Gasteiger partial charge in [-0.2, -0.15) is 0 Å². The van der Waals surface area contributed by atoms with E-state index in [1.807, 2.05) is 6.92 Å². The normalized spacial score (nSPS) is 13.1. The van der Waals surface area contributed by atoms with Crippen LogP contribution in [0.4, 0.5) is 4.79 Å². The molecule has 2 atom stereocenters. The van der Waals surface area contributed by atoms with Crippen LogP contribution >= 0.6 is 0 Å². The molecule has 1 aromatic rings. The largest absolute Gasteiger partial charge is 0.507 e. The number of unbranched alkanes of at least 4 members (excludes halogenated alkanes) is 2. The van der Waals surface area contributed by atoms with E-state index >= 15 is 0 Å². The minimum absolute atomic E-state index is 0.0205. The van der Waals surface area contributed by atoms with E-state index in [0.717, 1.165) is 19.3 Å². The summed E-state index contributed by atoms with van der Waals surface area (Å²) in [5, 5.41) is 16.2. The quantitative estimate of drug-likeness (QED) is 0.426. The smallest absolute Gasteiger partial charge is 0.408 e. The molecule has 0 aliphatic carbocycles. The third kappa shape index (κ3) is 8.94. The number of carbonyl (C=O) groups is 3. The first-order valence-electron chi connectivity index (χ1n) is 11.8. The number of para-hydroxylation sites is 1. The lowest BCUT2D eigenvalue weighted by Gasteiger charge is -2.34. The number of amides is 3. The van der Waals surface area contributed by atoms with Gasteiger partial charge in [-0.1, -0.05) is 44.9 Å². The lowest BCUT2D eigenvalue weighted by atomic mass is 9.99. The molecular weight excluding hydrogens is 422 g/mol. The number of rotatable bonds is 11. The molecule has 0 fully saturated rings. The molecule has 2 unspecified atom stereocenters. The summed E-state index contributed by atoms with van der Waals surface area (Å²) < 4.78 is 5.26. The number of benzene rings is 1. The Morgan fingerprint density at radius 3 is 2.36 bits per heavy atom. The average Bonchev–Trinajstić information content (AvgIpc) is 2.71. The van der Waals surface area contributed by atoms with Crippen LogP contribution in [0.15, 0.2) is 18.2 Å². The molecule has 0 saturated carbocycles. The van der Waals surface area contributed by atoms with Crippen molar-refractivity contribution >= 4 is 17.9 Å². The van der Waals surface area contributed by atoms with E-state index in [2.05, 4.69) is 17.6 Å². The van der Waals surface area contributed by atoms with Gasteiger partial charge in [0.2, 0.25) is 11.8 Å². The van der Waals surface area contributed by atoms with Crippen molar-refractivity contribution in [1.29, 1.82) is 0 Å². The van der Waals surface area contributed by atoms with E-state index in [1.54, 1.807) is 52.8 Å². The van der Waals surface area contributed by atoms with E-state index in [0.29, 0.717) is 24.1 Å². The highest BCUT2D eigenvalue weighted by molar-refractivity contribution is 5.92. The fourth-order valence-electron chi connectivity index (χ4n) is 3.44. The highest BCUT2D eigenvalue weighted by atomic mass is 16.6. The molecule has 33 heavy (non-hydrogen) atoms. The minimum Gasteiger partial charge on any atom is -0.507 e. The third-order valence-electron chi connectivity index (χ3n) is 5.05. The maximum absolute atomic E-state index is 13.4. The molecule has 8 nitrogen and oxygen atoms in total. The second-order valence-corrected chi connectivity index (χ2v) is 9.31. The maximum Gasteiger partial charge on any atom is 0.408 e. The van der Waals surface area contributed by atoms with Crippen LogP contribution in [-0.2, 0) is 14.3 Å². The van der Waals surface area contributed by atoms with E-state index in [1.165, 1.54) is 4.90 Å². The molecule has 186 valence electrons. The lowest BCUT2D eigenvalue weighted by Crippen LogP contribution is -2.52. The summed E-state index contributed by atoms with van der Waals surface area (Å²) in [5.41, 5.74) is 0.263. The van der Waals surface area contributed by atoms with E-state index in [-0.39, 0.29) is 18.2 Å². The molecule has 0 bridgehead atoms. The molecule has 0 aromatic heterocycles. The Balaban J connectivity index is 3.25. The van der Waals surface area contributed by atoms with Gasteiger partial charge in [-0.05, 0) is 53.0 Å². The van der Waals surface area contributed by atoms with Crippen LogP contribution in [-0.4, -0.2) is 52.6 Å². The Hall–Kier alpha value is -2.77. The molecule has 0 aliphatic heterocycles. The van der Waals surface area contributed by atoms with E-state index in [9.17, 15) is 19.5 Å². The van der Waals surface area contributed by atoms with Gasteiger partial charge in [-0.15, -0.1) is 0 Å². The molecule has 3 amide bonds. The number of hydrogen-bond acceptors (Lipinski definition) is 5. The number of phenolic OH excluding ortho intramolecular Hbond substituents is 1. The highest BCUT2D eigenvalue weighted by Gasteiger charge is 2.35. The molecule has 1 aromatic carbocycles. The fraction of sp³-hybridized carbons (Fsp3) is 0.640. The number of phenols is 1. The molecule has 0 aliphatic rings. The molecule has 0 radical (unpaired) electrons. The van der Waals surface area contributed by atoms with Crippen molar-refractivity contribution in [3.8, 4) is 5.75 Å². The van der Waals surface area contributed by atoms with Gasteiger partial charge in [0.25, 0.3) is 0 Å². The average molecular weight is 464 g/mol. The van der Waals surface area contributed by atoms with Gasteiger partial charge in [0.05, 0.1) is 0 Å².